The number of hydrogen-bond donors (Lipinski definition) is 1. The summed E-state index contributed by atoms with van der Waals surface area (Å²) >= 11 is 1.75. The summed E-state index contributed by atoms with van der Waals surface area (Å²) in [4.78, 5) is 18.5. The second-order valence-corrected chi connectivity index (χ2v) is 7.48. The Bertz CT molecular complexity index is 701. The van der Waals surface area contributed by atoms with E-state index in [4.69, 9.17) is 0 Å². The van der Waals surface area contributed by atoms with Crippen molar-refractivity contribution in [1.29, 1.82) is 0 Å². The first kappa shape index (κ1) is 15.2. The summed E-state index contributed by atoms with van der Waals surface area (Å²) in [5.41, 5.74) is 2.62. The molecule has 2 aromatic heterocycles. The van der Waals surface area contributed by atoms with Crippen LogP contribution in [0.5, 0.6) is 0 Å². The van der Waals surface area contributed by atoms with E-state index in [9.17, 15) is 4.79 Å². The molecule has 1 atom stereocenters. The third-order valence-corrected chi connectivity index (χ3v) is 5.14. The van der Waals surface area contributed by atoms with Gasteiger partial charge in [-0.15, -0.1) is 11.3 Å². The molecule has 2 heterocycles. The van der Waals surface area contributed by atoms with E-state index in [1.54, 1.807) is 16.0 Å². The molecule has 118 valence electrons. The molecule has 0 aliphatic heterocycles. The normalized spacial score (nSPS) is 17.6. The van der Waals surface area contributed by atoms with E-state index in [0.717, 1.165) is 35.7 Å². The maximum absolute atomic E-state index is 12.6. The van der Waals surface area contributed by atoms with Gasteiger partial charge in [-0.1, -0.05) is 13.8 Å². The van der Waals surface area contributed by atoms with E-state index in [1.807, 2.05) is 20.0 Å². The molecule has 2 aromatic rings. The number of rotatable bonds is 3. The Morgan fingerprint density at radius 3 is 2.95 bits per heavy atom. The largest absolute Gasteiger partial charge is 0.342 e. The first-order chi connectivity index (χ1) is 10.5. The predicted molar refractivity (Wildman–Crippen MR) is 87.3 cm³/mol. The number of carbonyl (C=O) groups is 1. The molecule has 1 aliphatic rings. The number of fused-ring (bicyclic) bond motifs is 1. The third kappa shape index (κ3) is 2.79. The van der Waals surface area contributed by atoms with Gasteiger partial charge in [0.05, 0.1) is 22.4 Å². The number of nitrogens with one attached hydrogen (secondary N) is 1. The zero-order chi connectivity index (χ0) is 15.9. The van der Waals surface area contributed by atoms with Crippen molar-refractivity contribution in [1.82, 2.24) is 20.1 Å². The molecule has 0 saturated carbocycles. The average Bonchev–Trinajstić information content (AvgIpc) is 3.01. The van der Waals surface area contributed by atoms with Gasteiger partial charge in [-0.25, -0.2) is 4.98 Å². The highest BCUT2D eigenvalue weighted by Gasteiger charge is 2.26. The number of amides is 1. The standard InChI is InChI=1S/C16H22N4OS/c1-9(2)12-8-13(20(4)19-12)16(21)18-11-6-5-7-14-15(11)17-10(3)22-14/h8-9,11H,5-7H2,1-4H3,(H,18,21)/t11-/m1/s1. The molecule has 0 unspecified atom stereocenters. The molecule has 22 heavy (non-hydrogen) atoms. The van der Waals surface area contributed by atoms with Crippen molar-refractivity contribution >= 4 is 17.2 Å². The molecule has 1 aliphatic carbocycles. The van der Waals surface area contributed by atoms with Crippen molar-refractivity contribution in [2.45, 2.75) is 52.0 Å². The molecule has 1 amide bonds. The van der Waals surface area contributed by atoms with Gasteiger partial charge in [0.15, 0.2) is 0 Å². The highest BCUT2D eigenvalue weighted by Crippen LogP contribution is 2.33. The van der Waals surface area contributed by atoms with Gasteiger partial charge in [-0.3, -0.25) is 9.48 Å². The van der Waals surface area contributed by atoms with Crippen LogP contribution < -0.4 is 5.32 Å². The van der Waals surface area contributed by atoms with Crippen LogP contribution in [0.3, 0.4) is 0 Å². The van der Waals surface area contributed by atoms with Crippen molar-refractivity contribution in [2.75, 3.05) is 0 Å². The lowest BCUT2D eigenvalue weighted by Gasteiger charge is -2.22. The van der Waals surface area contributed by atoms with Gasteiger partial charge < -0.3 is 5.32 Å². The topological polar surface area (TPSA) is 59.8 Å². The molecule has 0 fully saturated rings. The van der Waals surface area contributed by atoms with E-state index in [1.165, 1.54) is 4.88 Å². The monoisotopic (exact) mass is 318 g/mol. The van der Waals surface area contributed by atoms with Crippen LogP contribution in [-0.4, -0.2) is 20.7 Å². The summed E-state index contributed by atoms with van der Waals surface area (Å²) in [5, 5.41) is 8.63. The molecule has 6 heteroatoms. The van der Waals surface area contributed by atoms with Crippen LogP contribution in [-0.2, 0) is 13.5 Å². The SMILES string of the molecule is Cc1nc2c(s1)CCC[C@H]2NC(=O)c1cc(C(C)C)nn1C. The summed E-state index contributed by atoms with van der Waals surface area (Å²) < 4.78 is 1.67. The van der Waals surface area contributed by atoms with E-state index in [2.05, 4.69) is 29.2 Å². The van der Waals surface area contributed by atoms with Gasteiger partial charge in [0.1, 0.15) is 5.69 Å². The molecule has 0 saturated heterocycles. The lowest BCUT2D eigenvalue weighted by atomic mass is 9.97. The average molecular weight is 318 g/mol. The Morgan fingerprint density at radius 2 is 2.27 bits per heavy atom. The maximum atomic E-state index is 12.6. The van der Waals surface area contributed by atoms with E-state index < -0.39 is 0 Å². The van der Waals surface area contributed by atoms with E-state index in [-0.39, 0.29) is 11.9 Å². The van der Waals surface area contributed by atoms with Crippen molar-refractivity contribution < 1.29 is 4.79 Å². The molecule has 0 aromatic carbocycles. The maximum Gasteiger partial charge on any atom is 0.270 e. The number of aromatic nitrogens is 3. The first-order valence-corrected chi connectivity index (χ1v) is 8.58. The zero-order valence-corrected chi connectivity index (χ0v) is 14.3. The number of carbonyl (C=O) groups excluding carboxylic acids is 1. The Morgan fingerprint density at radius 1 is 1.50 bits per heavy atom. The molecular formula is C16H22N4OS. The second kappa shape index (κ2) is 5.83. The fourth-order valence-corrected chi connectivity index (χ4v) is 3.94. The number of thiazole rings is 1. The zero-order valence-electron chi connectivity index (χ0n) is 13.5. The minimum absolute atomic E-state index is 0.0265. The van der Waals surface area contributed by atoms with Crippen LogP contribution in [0.15, 0.2) is 6.07 Å². The van der Waals surface area contributed by atoms with Crippen molar-refractivity contribution in [3.05, 3.63) is 33.0 Å². The Kier molecular flexibility index (Phi) is 4.04. The van der Waals surface area contributed by atoms with Gasteiger partial charge in [0.2, 0.25) is 0 Å². The van der Waals surface area contributed by atoms with Gasteiger partial charge in [-0.2, -0.15) is 5.10 Å². The minimum atomic E-state index is -0.0644. The predicted octanol–water partition coefficient (Wildman–Crippen LogP) is 3.12. The van der Waals surface area contributed by atoms with Crippen LogP contribution in [0.2, 0.25) is 0 Å². The summed E-state index contributed by atoms with van der Waals surface area (Å²) in [6.45, 7) is 6.18. The number of hydrogen-bond acceptors (Lipinski definition) is 4. The third-order valence-electron chi connectivity index (χ3n) is 4.09. The molecule has 0 bridgehead atoms. The quantitative estimate of drug-likeness (QED) is 0.946. The van der Waals surface area contributed by atoms with Crippen LogP contribution >= 0.6 is 11.3 Å². The van der Waals surface area contributed by atoms with Gasteiger partial charge in [0.25, 0.3) is 5.91 Å². The number of aryl methyl sites for hydroxylation is 3. The van der Waals surface area contributed by atoms with Crippen LogP contribution in [0.25, 0.3) is 0 Å². The van der Waals surface area contributed by atoms with Crippen molar-refractivity contribution in [2.24, 2.45) is 7.05 Å². The summed E-state index contributed by atoms with van der Waals surface area (Å²) in [7, 11) is 1.82. The fourth-order valence-electron chi connectivity index (χ4n) is 2.90. The summed E-state index contributed by atoms with van der Waals surface area (Å²) in [6.07, 6.45) is 3.13. The lowest BCUT2D eigenvalue weighted by molar-refractivity contribution is 0.0922. The second-order valence-electron chi connectivity index (χ2n) is 6.19. The van der Waals surface area contributed by atoms with Crippen molar-refractivity contribution in [3.8, 4) is 0 Å². The molecule has 3 rings (SSSR count). The Balaban J connectivity index is 1.80. The minimum Gasteiger partial charge on any atom is -0.342 e. The molecule has 1 N–H and O–H groups in total. The van der Waals surface area contributed by atoms with Crippen molar-refractivity contribution in [3.63, 3.8) is 0 Å². The van der Waals surface area contributed by atoms with Gasteiger partial charge >= 0.3 is 0 Å². The first-order valence-electron chi connectivity index (χ1n) is 7.76. The van der Waals surface area contributed by atoms with Crippen LogP contribution in [0.4, 0.5) is 0 Å². The molecule has 5 nitrogen and oxygen atoms in total. The van der Waals surface area contributed by atoms with Crippen LogP contribution in [0, 0.1) is 6.92 Å². The Hall–Kier alpha value is -1.69. The number of nitrogens with zero attached hydrogens (tertiary/aromatic N) is 3. The van der Waals surface area contributed by atoms with E-state index >= 15 is 0 Å². The van der Waals surface area contributed by atoms with Gasteiger partial charge in [-0.05, 0) is 38.2 Å². The summed E-state index contributed by atoms with van der Waals surface area (Å²) in [6, 6.07) is 1.91. The highest BCUT2D eigenvalue weighted by atomic mass is 32.1. The highest BCUT2D eigenvalue weighted by molar-refractivity contribution is 7.11. The van der Waals surface area contributed by atoms with E-state index in [0.29, 0.717) is 11.6 Å². The fraction of sp³-hybridized carbons (Fsp3) is 0.562. The molecule has 0 spiro atoms. The van der Waals surface area contributed by atoms with Crippen LogP contribution in [0.1, 0.15) is 70.4 Å². The summed E-state index contributed by atoms with van der Waals surface area (Å²) in [5.74, 6) is 0.251. The molecular weight excluding hydrogens is 296 g/mol. The smallest absolute Gasteiger partial charge is 0.270 e. The van der Waals surface area contributed by atoms with Gasteiger partial charge in [0, 0.05) is 11.9 Å². The lowest BCUT2D eigenvalue weighted by Crippen LogP contribution is -2.32. The molecule has 0 radical (unpaired) electrons. The Labute approximate surface area is 134 Å².